The molecule has 0 aliphatic rings. The first-order valence-electron chi connectivity index (χ1n) is 8.92. The minimum atomic E-state index is -1.68. The van der Waals surface area contributed by atoms with E-state index in [1.54, 1.807) is 0 Å². The highest BCUT2D eigenvalue weighted by atomic mass is 32.2. The Bertz CT molecular complexity index is 710. The van der Waals surface area contributed by atoms with E-state index in [1.807, 2.05) is 27.7 Å². The number of rotatable bonds is 10. The zero-order chi connectivity index (χ0) is 21.3. The van der Waals surface area contributed by atoms with Crippen LogP contribution in [0.4, 0.5) is 9.18 Å². The number of nitrogens with two attached hydrogens (primary N) is 1. The summed E-state index contributed by atoms with van der Waals surface area (Å²) in [7, 11) is -1.68. The number of hydrogen-bond donors (Lipinski definition) is 4. The zero-order valence-electron chi connectivity index (χ0n) is 16.4. The van der Waals surface area contributed by atoms with Crippen molar-refractivity contribution in [2.24, 2.45) is 22.7 Å². The molecule has 0 aliphatic heterocycles. The average molecular weight is 414 g/mol. The van der Waals surface area contributed by atoms with Gasteiger partial charge >= 0.3 is 6.03 Å². The molecule has 0 aliphatic carbocycles. The number of carbonyl (C=O) groups is 2. The van der Waals surface area contributed by atoms with Gasteiger partial charge in [0.1, 0.15) is 22.8 Å². The molecule has 1 aromatic carbocycles. The summed E-state index contributed by atoms with van der Waals surface area (Å²) < 4.78 is 28.3. The molecule has 1 aromatic rings. The fraction of sp³-hybridized carbons (Fsp3) is 0.500. The molecule has 5 N–H and O–H groups in total. The largest absolute Gasteiger partial charge is 0.350 e. The molecule has 156 valence electrons. The van der Waals surface area contributed by atoms with Crippen molar-refractivity contribution in [3.8, 4) is 0 Å². The van der Waals surface area contributed by atoms with E-state index in [2.05, 4.69) is 20.6 Å². The molecule has 2 unspecified atom stereocenters. The number of benzene rings is 1. The van der Waals surface area contributed by atoms with Gasteiger partial charge in [-0.15, -0.1) is 0 Å². The van der Waals surface area contributed by atoms with Gasteiger partial charge in [0.15, 0.2) is 0 Å². The molecule has 10 heteroatoms. The van der Waals surface area contributed by atoms with Gasteiger partial charge in [-0.3, -0.25) is 4.79 Å². The Labute approximate surface area is 167 Å². The van der Waals surface area contributed by atoms with E-state index in [9.17, 15) is 18.2 Å². The van der Waals surface area contributed by atoms with Crippen LogP contribution in [0.5, 0.6) is 0 Å². The number of hydrazone groups is 1. The minimum absolute atomic E-state index is 0.162. The van der Waals surface area contributed by atoms with Crippen LogP contribution in [0.25, 0.3) is 0 Å². The van der Waals surface area contributed by atoms with Crippen LogP contribution >= 0.6 is 0 Å². The van der Waals surface area contributed by atoms with Crippen molar-refractivity contribution in [2.75, 3.05) is 0 Å². The first-order valence-corrected chi connectivity index (χ1v) is 10.1. The van der Waals surface area contributed by atoms with Crippen LogP contribution in [0, 0.1) is 17.7 Å². The predicted octanol–water partition coefficient (Wildman–Crippen LogP) is 1.65. The fourth-order valence-electron chi connectivity index (χ4n) is 2.36. The van der Waals surface area contributed by atoms with Gasteiger partial charge < -0.3 is 11.1 Å². The second-order valence-electron chi connectivity index (χ2n) is 7.06. The van der Waals surface area contributed by atoms with Gasteiger partial charge in [0, 0.05) is 6.21 Å². The number of amides is 3. The van der Waals surface area contributed by atoms with Crippen LogP contribution in [0.2, 0.25) is 0 Å². The molecular weight excluding hydrogens is 385 g/mol. The normalized spacial score (nSPS) is 14.8. The average Bonchev–Trinajstić information content (AvgIpc) is 2.58. The number of nitrogens with one attached hydrogen (secondary N) is 3. The van der Waals surface area contributed by atoms with E-state index < -0.39 is 34.9 Å². The Hall–Kier alpha value is -2.33. The topological polar surface area (TPSA) is 126 Å². The van der Waals surface area contributed by atoms with Crippen LogP contribution in [-0.4, -0.2) is 34.4 Å². The maximum atomic E-state index is 13.0. The first kappa shape index (κ1) is 23.7. The summed E-state index contributed by atoms with van der Waals surface area (Å²) in [5.74, 6) is -0.699. The maximum Gasteiger partial charge on any atom is 0.332 e. The summed E-state index contributed by atoms with van der Waals surface area (Å²) in [6.07, 6.45) is 1.98. The molecule has 0 aromatic heterocycles. The van der Waals surface area contributed by atoms with Crippen molar-refractivity contribution in [2.45, 2.75) is 51.1 Å². The lowest BCUT2D eigenvalue weighted by Gasteiger charge is -2.24. The van der Waals surface area contributed by atoms with Gasteiger partial charge in [0.2, 0.25) is 5.91 Å². The summed E-state index contributed by atoms with van der Waals surface area (Å²) in [5, 5.41) is 6.55. The zero-order valence-corrected chi connectivity index (χ0v) is 17.3. The van der Waals surface area contributed by atoms with Crippen LogP contribution in [0.3, 0.4) is 0 Å². The Morgan fingerprint density at radius 2 is 1.82 bits per heavy atom. The number of carbonyl (C=O) groups excluding carboxylic acids is 2. The first-order chi connectivity index (χ1) is 13.1. The lowest BCUT2D eigenvalue weighted by Crippen LogP contribution is -2.51. The molecular formula is C18H28FN5O3S. The van der Waals surface area contributed by atoms with Gasteiger partial charge in [0.25, 0.3) is 0 Å². The third-order valence-corrected chi connectivity index (χ3v) is 4.86. The van der Waals surface area contributed by atoms with Gasteiger partial charge in [-0.05, 0) is 42.5 Å². The third-order valence-electron chi connectivity index (χ3n) is 3.69. The maximum absolute atomic E-state index is 13.0. The molecule has 8 nitrogen and oxygen atoms in total. The Kier molecular flexibility index (Phi) is 9.74. The third kappa shape index (κ3) is 8.57. The summed E-state index contributed by atoms with van der Waals surface area (Å²) >= 11 is 0. The molecule has 0 spiro atoms. The van der Waals surface area contributed by atoms with E-state index >= 15 is 0 Å². The summed E-state index contributed by atoms with van der Waals surface area (Å²) in [6.45, 7) is 7.60. The summed E-state index contributed by atoms with van der Waals surface area (Å²) in [4.78, 5) is 23.9. The van der Waals surface area contributed by atoms with Crippen LogP contribution in [0.1, 0.15) is 34.1 Å². The lowest BCUT2D eigenvalue weighted by molar-refractivity contribution is -0.124. The van der Waals surface area contributed by atoms with Crippen molar-refractivity contribution in [3.63, 3.8) is 0 Å². The number of halogens is 1. The van der Waals surface area contributed by atoms with E-state index in [0.29, 0.717) is 11.3 Å². The van der Waals surface area contributed by atoms with E-state index in [1.165, 1.54) is 30.5 Å². The molecule has 0 bridgehead atoms. The van der Waals surface area contributed by atoms with E-state index in [4.69, 9.17) is 5.73 Å². The van der Waals surface area contributed by atoms with Crippen LogP contribution in [-0.2, 0) is 15.8 Å². The van der Waals surface area contributed by atoms with E-state index in [-0.39, 0.29) is 17.7 Å². The molecule has 3 amide bonds. The lowest BCUT2D eigenvalue weighted by atomic mass is 10.0. The molecule has 0 heterocycles. The second-order valence-corrected chi connectivity index (χ2v) is 8.31. The summed E-state index contributed by atoms with van der Waals surface area (Å²) in [6, 6.07) is 3.22. The molecule has 0 fully saturated rings. The number of hydrogen-bond acceptors (Lipinski definition) is 4. The van der Waals surface area contributed by atoms with Crippen molar-refractivity contribution in [3.05, 3.63) is 30.1 Å². The highest BCUT2D eigenvalue weighted by Crippen LogP contribution is 2.11. The van der Waals surface area contributed by atoms with Crippen molar-refractivity contribution < 1.29 is 18.2 Å². The quantitative estimate of drug-likeness (QED) is 0.344. The minimum Gasteiger partial charge on any atom is -0.350 e. The van der Waals surface area contributed by atoms with E-state index in [0.717, 1.165) is 0 Å². The summed E-state index contributed by atoms with van der Waals surface area (Å²) in [5.41, 5.74) is 7.06. The van der Waals surface area contributed by atoms with Crippen molar-refractivity contribution >= 4 is 29.1 Å². The second kappa shape index (κ2) is 11.5. The highest BCUT2D eigenvalue weighted by Gasteiger charge is 2.26. The molecule has 0 saturated carbocycles. The highest BCUT2D eigenvalue weighted by molar-refractivity contribution is 7.83. The standard InChI is InChI=1S/C18H28FN5O3S/c1-11(2)9-14(10-21-23-18(20)26)22-17(25)16(12(3)4)24-28(27)15-7-5-13(19)6-8-15/h5-8,10-12,14,16,24H,9H2,1-4H3,(H,22,25)(H3,20,23,26)/b21-10+/t14-,16?,28?/m0/s1. The van der Waals surface area contributed by atoms with Crippen LogP contribution < -0.4 is 21.2 Å². The molecule has 1 rings (SSSR count). The number of nitrogens with zero attached hydrogens (tertiary/aromatic N) is 1. The Morgan fingerprint density at radius 3 is 2.32 bits per heavy atom. The fourth-order valence-corrected chi connectivity index (χ4v) is 3.49. The SMILES string of the molecule is CC(C)C[C@@H](/C=N/NC(N)=O)NC(=O)C(NS(=O)c1ccc(F)cc1)C(C)C. The van der Waals surface area contributed by atoms with Crippen molar-refractivity contribution in [1.82, 2.24) is 15.5 Å². The molecule has 0 saturated heterocycles. The predicted molar refractivity (Wildman–Crippen MR) is 107 cm³/mol. The Balaban J connectivity index is 2.85. The van der Waals surface area contributed by atoms with Crippen molar-refractivity contribution in [1.29, 1.82) is 0 Å². The van der Waals surface area contributed by atoms with Gasteiger partial charge in [-0.1, -0.05) is 27.7 Å². The number of urea groups is 1. The number of primary amides is 1. The molecule has 28 heavy (non-hydrogen) atoms. The van der Waals surface area contributed by atoms with Gasteiger partial charge in [0.05, 0.1) is 10.9 Å². The van der Waals surface area contributed by atoms with Crippen LogP contribution in [0.15, 0.2) is 34.3 Å². The monoisotopic (exact) mass is 413 g/mol. The molecule has 0 radical (unpaired) electrons. The smallest absolute Gasteiger partial charge is 0.332 e. The molecule has 3 atom stereocenters. The Morgan fingerprint density at radius 1 is 1.21 bits per heavy atom. The van der Waals surface area contributed by atoms with Gasteiger partial charge in [-0.25, -0.2) is 23.5 Å². The van der Waals surface area contributed by atoms with Gasteiger partial charge in [-0.2, -0.15) is 5.10 Å².